The van der Waals surface area contributed by atoms with E-state index in [4.69, 9.17) is 5.84 Å². The van der Waals surface area contributed by atoms with E-state index >= 15 is 0 Å². The molecule has 3 N–H and O–H groups in total. The van der Waals surface area contributed by atoms with Crippen LogP contribution in [0.2, 0.25) is 0 Å². The topological polar surface area (TPSA) is 68.8 Å². The van der Waals surface area contributed by atoms with Crippen LogP contribution in [0.15, 0.2) is 61.1 Å². The van der Waals surface area contributed by atoms with Gasteiger partial charge in [-0.05, 0) is 11.6 Å². The van der Waals surface area contributed by atoms with Crippen molar-refractivity contribution in [3.8, 4) is 16.8 Å². The summed E-state index contributed by atoms with van der Waals surface area (Å²) in [4.78, 5) is 4.07. The van der Waals surface area contributed by atoms with Gasteiger partial charge in [0.15, 0.2) is 0 Å². The Labute approximate surface area is 110 Å². The molecule has 0 saturated carbocycles. The van der Waals surface area contributed by atoms with E-state index in [1.807, 2.05) is 42.7 Å². The fourth-order valence-electron chi connectivity index (χ4n) is 1.88. The molecule has 94 valence electrons. The Morgan fingerprint density at radius 2 is 1.89 bits per heavy atom. The predicted molar refractivity (Wildman–Crippen MR) is 74.6 cm³/mol. The average molecular weight is 251 g/mol. The third-order valence-corrected chi connectivity index (χ3v) is 2.85. The summed E-state index contributed by atoms with van der Waals surface area (Å²) in [5, 5.41) is 4.36. The molecular formula is C14H13N5. The minimum atomic E-state index is 0.606. The van der Waals surface area contributed by atoms with E-state index in [-0.39, 0.29) is 0 Å². The summed E-state index contributed by atoms with van der Waals surface area (Å²) < 4.78 is 1.80. The molecule has 0 amide bonds. The van der Waals surface area contributed by atoms with Gasteiger partial charge < -0.3 is 5.43 Å². The number of nitrogens with zero attached hydrogens (tertiary/aromatic N) is 3. The lowest BCUT2D eigenvalue weighted by Gasteiger charge is -2.03. The molecule has 0 atom stereocenters. The van der Waals surface area contributed by atoms with Gasteiger partial charge >= 0.3 is 0 Å². The van der Waals surface area contributed by atoms with Gasteiger partial charge in [0, 0.05) is 24.0 Å². The average Bonchev–Trinajstić information content (AvgIpc) is 2.98. The number of hydrazine groups is 1. The number of aromatic nitrogens is 3. The van der Waals surface area contributed by atoms with Gasteiger partial charge in [-0.1, -0.05) is 30.3 Å². The molecular weight excluding hydrogens is 238 g/mol. The first-order chi connectivity index (χ1) is 9.36. The highest BCUT2D eigenvalue weighted by Gasteiger charge is 2.03. The summed E-state index contributed by atoms with van der Waals surface area (Å²) in [6, 6.07) is 13.8. The molecule has 3 aromatic rings. The molecule has 5 heteroatoms. The zero-order valence-electron chi connectivity index (χ0n) is 10.2. The van der Waals surface area contributed by atoms with Crippen LogP contribution in [0, 0.1) is 0 Å². The molecule has 0 aliphatic rings. The molecule has 0 aliphatic carbocycles. The molecule has 0 spiro atoms. The van der Waals surface area contributed by atoms with Crippen LogP contribution in [0.3, 0.4) is 0 Å². The van der Waals surface area contributed by atoms with Gasteiger partial charge in [-0.15, -0.1) is 0 Å². The van der Waals surface area contributed by atoms with Gasteiger partial charge in [-0.2, -0.15) is 5.10 Å². The summed E-state index contributed by atoms with van der Waals surface area (Å²) in [7, 11) is 0. The normalized spacial score (nSPS) is 10.4. The summed E-state index contributed by atoms with van der Waals surface area (Å²) >= 11 is 0. The van der Waals surface area contributed by atoms with Crippen LogP contribution in [0.25, 0.3) is 16.8 Å². The Hall–Kier alpha value is -2.66. The third kappa shape index (κ3) is 2.31. The van der Waals surface area contributed by atoms with Gasteiger partial charge in [-0.25, -0.2) is 15.5 Å². The largest absolute Gasteiger partial charge is 0.308 e. The third-order valence-electron chi connectivity index (χ3n) is 2.85. The van der Waals surface area contributed by atoms with Crippen LogP contribution in [0.4, 0.5) is 5.82 Å². The standard InChI is InChI=1S/C14H13N5/c15-18-14-8-13(6-7-16-14)19-10-12(9-17-19)11-4-2-1-3-5-11/h1-10H,15H2,(H,16,18). The molecule has 0 saturated heterocycles. The van der Waals surface area contributed by atoms with E-state index in [1.54, 1.807) is 10.9 Å². The van der Waals surface area contributed by atoms with Crippen molar-refractivity contribution in [2.45, 2.75) is 0 Å². The molecule has 0 bridgehead atoms. The number of anilines is 1. The zero-order valence-corrected chi connectivity index (χ0v) is 10.2. The molecule has 19 heavy (non-hydrogen) atoms. The number of rotatable bonds is 3. The fraction of sp³-hybridized carbons (Fsp3) is 0. The Morgan fingerprint density at radius 3 is 2.68 bits per heavy atom. The second kappa shape index (κ2) is 4.91. The van der Waals surface area contributed by atoms with Gasteiger partial charge in [0.05, 0.1) is 11.9 Å². The van der Waals surface area contributed by atoms with Gasteiger partial charge in [0.2, 0.25) is 0 Å². The second-order valence-corrected chi connectivity index (χ2v) is 4.08. The van der Waals surface area contributed by atoms with Crippen molar-refractivity contribution >= 4 is 5.82 Å². The van der Waals surface area contributed by atoms with Gasteiger partial charge in [0.25, 0.3) is 0 Å². The summed E-state index contributed by atoms with van der Waals surface area (Å²) in [6.45, 7) is 0. The maximum Gasteiger partial charge on any atom is 0.142 e. The molecule has 2 heterocycles. The Balaban J connectivity index is 1.97. The Bertz CT molecular complexity index is 675. The van der Waals surface area contributed by atoms with E-state index < -0.39 is 0 Å². The molecule has 0 radical (unpaired) electrons. The predicted octanol–water partition coefficient (Wildman–Crippen LogP) is 2.22. The van der Waals surface area contributed by atoms with Crippen LogP contribution in [0.5, 0.6) is 0 Å². The minimum absolute atomic E-state index is 0.606. The van der Waals surface area contributed by atoms with Crippen LogP contribution in [-0.4, -0.2) is 14.8 Å². The molecule has 1 aromatic carbocycles. The second-order valence-electron chi connectivity index (χ2n) is 4.08. The lowest BCUT2D eigenvalue weighted by atomic mass is 10.1. The lowest BCUT2D eigenvalue weighted by molar-refractivity contribution is 0.878. The number of benzene rings is 1. The first-order valence-electron chi connectivity index (χ1n) is 5.90. The minimum Gasteiger partial charge on any atom is -0.308 e. The van der Waals surface area contributed by atoms with Crippen molar-refractivity contribution in [3.05, 3.63) is 61.1 Å². The monoisotopic (exact) mass is 251 g/mol. The summed E-state index contributed by atoms with van der Waals surface area (Å²) in [5.41, 5.74) is 5.64. The highest BCUT2D eigenvalue weighted by molar-refractivity contribution is 5.62. The Kier molecular flexibility index (Phi) is 2.96. The quantitative estimate of drug-likeness (QED) is 0.553. The smallest absolute Gasteiger partial charge is 0.142 e. The fourth-order valence-corrected chi connectivity index (χ4v) is 1.88. The maximum atomic E-state index is 5.35. The molecule has 2 aromatic heterocycles. The van der Waals surface area contributed by atoms with Crippen molar-refractivity contribution in [2.75, 3.05) is 5.43 Å². The van der Waals surface area contributed by atoms with Crippen LogP contribution in [-0.2, 0) is 0 Å². The van der Waals surface area contributed by atoms with Crippen LogP contribution < -0.4 is 11.3 Å². The van der Waals surface area contributed by atoms with Crippen molar-refractivity contribution in [1.29, 1.82) is 0 Å². The number of nitrogens with two attached hydrogens (primary N) is 1. The molecule has 5 nitrogen and oxygen atoms in total. The van der Waals surface area contributed by atoms with E-state index in [2.05, 4.69) is 27.6 Å². The van der Waals surface area contributed by atoms with Crippen molar-refractivity contribution in [2.24, 2.45) is 5.84 Å². The van der Waals surface area contributed by atoms with Gasteiger partial charge in [-0.3, -0.25) is 0 Å². The van der Waals surface area contributed by atoms with Crippen LogP contribution in [0.1, 0.15) is 0 Å². The van der Waals surface area contributed by atoms with Crippen LogP contribution >= 0.6 is 0 Å². The first kappa shape index (κ1) is 11.4. The lowest BCUT2D eigenvalue weighted by Crippen LogP contribution is -2.09. The van der Waals surface area contributed by atoms with E-state index in [1.165, 1.54) is 0 Å². The number of pyridine rings is 1. The summed E-state index contributed by atoms with van der Waals surface area (Å²) in [5.74, 6) is 5.96. The number of nitrogen functional groups attached to an aromatic ring is 1. The SMILES string of the molecule is NNc1cc(-n2cc(-c3ccccc3)cn2)ccn1. The van der Waals surface area contributed by atoms with E-state index in [0.717, 1.165) is 16.8 Å². The highest BCUT2D eigenvalue weighted by atomic mass is 15.3. The molecule has 0 fully saturated rings. The number of hydrogen-bond donors (Lipinski definition) is 2. The van der Waals surface area contributed by atoms with Crippen molar-refractivity contribution in [3.63, 3.8) is 0 Å². The van der Waals surface area contributed by atoms with Crippen molar-refractivity contribution < 1.29 is 0 Å². The maximum absolute atomic E-state index is 5.35. The molecule has 0 unspecified atom stereocenters. The molecule has 0 aliphatic heterocycles. The van der Waals surface area contributed by atoms with E-state index in [9.17, 15) is 0 Å². The highest BCUT2D eigenvalue weighted by Crippen LogP contribution is 2.20. The Morgan fingerprint density at radius 1 is 1.05 bits per heavy atom. The zero-order chi connectivity index (χ0) is 13.1. The first-order valence-corrected chi connectivity index (χ1v) is 5.90. The van der Waals surface area contributed by atoms with Gasteiger partial charge in [0.1, 0.15) is 5.82 Å². The van der Waals surface area contributed by atoms with Crippen molar-refractivity contribution in [1.82, 2.24) is 14.8 Å². The number of nitrogens with one attached hydrogen (secondary N) is 1. The molecule has 3 rings (SSSR count). The number of hydrogen-bond acceptors (Lipinski definition) is 4. The van der Waals surface area contributed by atoms with E-state index in [0.29, 0.717) is 5.82 Å². The summed E-state index contributed by atoms with van der Waals surface area (Å²) in [6.07, 6.45) is 5.50.